The predicted octanol–water partition coefficient (Wildman–Crippen LogP) is 3.44. The van der Waals surface area contributed by atoms with Crippen molar-refractivity contribution in [1.82, 2.24) is 0 Å². The molecule has 2 aromatic rings. The van der Waals surface area contributed by atoms with Gasteiger partial charge in [0.2, 0.25) is 0 Å². The Morgan fingerprint density at radius 2 is 1.89 bits per heavy atom. The molecule has 1 amide bonds. The maximum atomic E-state index is 12.1. The number of benzene rings is 2. The number of halogens is 1. The van der Waals surface area contributed by atoms with Crippen LogP contribution in [-0.4, -0.2) is 36.0 Å². The summed E-state index contributed by atoms with van der Waals surface area (Å²) in [4.78, 5) is 35.4. The molecule has 0 aliphatic rings. The van der Waals surface area contributed by atoms with Gasteiger partial charge in [-0.1, -0.05) is 23.7 Å². The average molecular weight is 392 g/mol. The molecule has 0 saturated carbocycles. The van der Waals surface area contributed by atoms with Crippen molar-refractivity contribution >= 4 is 34.9 Å². The van der Waals surface area contributed by atoms with Crippen LogP contribution in [-0.2, 0) is 9.53 Å². The molecule has 142 valence electrons. The van der Waals surface area contributed by atoms with E-state index in [1.54, 1.807) is 25.1 Å². The maximum Gasteiger partial charge on any atom is 0.338 e. The number of rotatable bonds is 7. The molecule has 7 nitrogen and oxygen atoms in total. The number of aromatic hydroxyl groups is 1. The predicted molar refractivity (Wildman–Crippen MR) is 99.6 cm³/mol. The smallest absolute Gasteiger partial charge is 0.338 e. The largest absolute Gasteiger partial charge is 0.503 e. The SMILES string of the molecule is CCOc1cc(C(=O)OCC(=O)Nc2cccc(C(C)=O)c2)cc(Cl)c1O. The van der Waals surface area contributed by atoms with E-state index in [9.17, 15) is 19.5 Å². The van der Waals surface area contributed by atoms with Crippen molar-refractivity contribution in [2.75, 3.05) is 18.5 Å². The fraction of sp³-hybridized carbons (Fsp3) is 0.211. The number of amides is 1. The number of carbonyl (C=O) groups is 3. The number of ether oxygens (including phenoxy) is 2. The van der Waals surface area contributed by atoms with Crippen molar-refractivity contribution in [2.24, 2.45) is 0 Å². The monoisotopic (exact) mass is 391 g/mol. The van der Waals surface area contributed by atoms with E-state index < -0.39 is 18.5 Å². The van der Waals surface area contributed by atoms with Crippen LogP contribution in [0.5, 0.6) is 11.5 Å². The number of phenolic OH excluding ortho intramolecular Hbond substituents is 1. The normalized spacial score (nSPS) is 10.2. The van der Waals surface area contributed by atoms with E-state index in [0.717, 1.165) is 0 Å². The number of hydrogen-bond donors (Lipinski definition) is 2. The summed E-state index contributed by atoms with van der Waals surface area (Å²) in [6.45, 7) is 2.86. The molecule has 0 heterocycles. The Balaban J connectivity index is 2.00. The molecule has 0 fully saturated rings. The molecule has 0 unspecified atom stereocenters. The Hall–Kier alpha value is -3.06. The van der Waals surface area contributed by atoms with Gasteiger partial charge in [-0.15, -0.1) is 0 Å². The van der Waals surface area contributed by atoms with Gasteiger partial charge in [-0.3, -0.25) is 9.59 Å². The first-order valence-electron chi connectivity index (χ1n) is 8.05. The molecule has 0 aromatic heterocycles. The van der Waals surface area contributed by atoms with Gasteiger partial charge in [-0.05, 0) is 38.1 Å². The zero-order chi connectivity index (χ0) is 20.0. The van der Waals surface area contributed by atoms with Gasteiger partial charge >= 0.3 is 5.97 Å². The quantitative estimate of drug-likeness (QED) is 0.553. The molecule has 0 spiro atoms. The molecular weight excluding hydrogens is 374 g/mol. The standard InChI is InChI=1S/C19H18ClNO6/c1-3-26-16-9-13(8-15(20)18(16)24)19(25)27-10-17(23)21-14-6-4-5-12(7-14)11(2)22/h4-9,24H,3,10H2,1-2H3,(H,21,23). The molecule has 0 aliphatic carbocycles. The van der Waals surface area contributed by atoms with Crippen LogP contribution >= 0.6 is 11.6 Å². The molecule has 27 heavy (non-hydrogen) atoms. The lowest BCUT2D eigenvalue weighted by atomic mass is 10.1. The second-order valence-corrected chi connectivity index (χ2v) is 5.91. The molecule has 0 atom stereocenters. The zero-order valence-corrected chi connectivity index (χ0v) is 15.5. The first-order valence-corrected chi connectivity index (χ1v) is 8.43. The number of Topliss-reactive ketones (excluding diaryl/α,β-unsaturated/α-hetero) is 1. The van der Waals surface area contributed by atoms with Crippen molar-refractivity contribution in [3.63, 3.8) is 0 Å². The third kappa shape index (κ3) is 5.46. The molecule has 0 radical (unpaired) electrons. The second kappa shape index (κ2) is 9.05. The van der Waals surface area contributed by atoms with E-state index in [-0.39, 0.29) is 34.5 Å². The van der Waals surface area contributed by atoms with Gasteiger partial charge < -0.3 is 19.9 Å². The van der Waals surface area contributed by atoms with Gasteiger partial charge in [0.15, 0.2) is 23.9 Å². The van der Waals surface area contributed by atoms with Gasteiger partial charge in [0, 0.05) is 11.3 Å². The molecule has 2 N–H and O–H groups in total. The van der Waals surface area contributed by atoms with Crippen LogP contribution < -0.4 is 10.1 Å². The van der Waals surface area contributed by atoms with Crippen LogP contribution in [0, 0.1) is 0 Å². The molecular formula is C19H18ClNO6. The average Bonchev–Trinajstić information content (AvgIpc) is 2.63. The van der Waals surface area contributed by atoms with Gasteiger partial charge in [-0.2, -0.15) is 0 Å². The number of ketones is 1. The van der Waals surface area contributed by atoms with E-state index in [1.165, 1.54) is 25.1 Å². The van der Waals surface area contributed by atoms with Crippen LogP contribution in [0.3, 0.4) is 0 Å². The van der Waals surface area contributed by atoms with Crippen LogP contribution in [0.1, 0.15) is 34.6 Å². The maximum absolute atomic E-state index is 12.1. The van der Waals surface area contributed by atoms with E-state index >= 15 is 0 Å². The van der Waals surface area contributed by atoms with E-state index in [4.69, 9.17) is 21.1 Å². The highest BCUT2D eigenvalue weighted by atomic mass is 35.5. The molecule has 0 bridgehead atoms. The first-order chi connectivity index (χ1) is 12.8. The van der Waals surface area contributed by atoms with Crippen LogP contribution in [0.4, 0.5) is 5.69 Å². The zero-order valence-electron chi connectivity index (χ0n) is 14.7. The summed E-state index contributed by atoms with van der Waals surface area (Å²) in [7, 11) is 0. The summed E-state index contributed by atoms with van der Waals surface area (Å²) in [5.74, 6) is -1.74. The van der Waals surface area contributed by atoms with Gasteiger partial charge in [0.25, 0.3) is 5.91 Å². The van der Waals surface area contributed by atoms with Crippen LogP contribution in [0.15, 0.2) is 36.4 Å². The van der Waals surface area contributed by atoms with Crippen molar-refractivity contribution in [2.45, 2.75) is 13.8 Å². The van der Waals surface area contributed by atoms with Crippen molar-refractivity contribution in [1.29, 1.82) is 0 Å². The first kappa shape index (κ1) is 20.3. The van der Waals surface area contributed by atoms with Gasteiger partial charge in [0.1, 0.15) is 0 Å². The van der Waals surface area contributed by atoms with Crippen molar-refractivity contribution < 1.29 is 29.0 Å². The minimum Gasteiger partial charge on any atom is -0.503 e. The molecule has 2 rings (SSSR count). The highest BCUT2D eigenvalue weighted by Gasteiger charge is 2.16. The Labute approximate surface area is 160 Å². The summed E-state index contributed by atoms with van der Waals surface area (Å²) >= 11 is 5.86. The van der Waals surface area contributed by atoms with E-state index in [2.05, 4.69) is 5.32 Å². The lowest BCUT2D eigenvalue weighted by Crippen LogP contribution is -2.21. The number of anilines is 1. The Morgan fingerprint density at radius 1 is 1.15 bits per heavy atom. The lowest BCUT2D eigenvalue weighted by molar-refractivity contribution is -0.119. The summed E-state index contributed by atoms with van der Waals surface area (Å²) in [5, 5.41) is 12.2. The fourth-order valence-corrected chi connectivity index (χ4v) is 2.40. The van der Waals surface area contributed by atoms with Crippen LogP contribution in [0.25, 0.3) is 0 Å². The molecule has 0 aliphatic heterocycles. The van der Waals surface area contributed by atoms with E-state index in [0.29, 0.717) is 11.3 Å². The van der Waals surface area contributed by atoms with Crippen LogP contribution in [0.2, 0.25) is 5.02 Å². The summed E-state index contributed by atoms with van der Waals surface area (Å²) in [6, 6.07) is 8.89. The fourth-order valence-electron chi connectivity index (χ4n) is 2.18. The highest BCUT2D eigenvalue weighted by molar-refractivity contribution is 6.32. The molecule has 0 saturated heterocycles. The number of phenols is 1. The third-order valence-electron chi connectivity index (χ3n) is 3.45. The highest BCUT2D eigenvalue weighted by Crippen LogP contribution is 2.35. The Kier molecular flexibility index (Phi) is 6.79. The summed E-state index contributed by atoms with van der Waals surface area (Å²) in [5.41, 5.74) is 0.898. The van der Waals surface area contributed by atoms with Crippen molar-refractivity contribution in [3.05, 3.63) is 52.5 Å². The topological polar surface area (TPSA) is 102 Å². The summed E-state index contributed by atoms with van der Waals surface area (Å²) in [6.07, 6.45) is 0. The second-order valence-electron chi connectivity index (χ2n) is 5.50. The lowest BCUT2D eigenvalue weighted by Gasteiger charge is -2.10. The number of esters is 1. The molecule has 8 heteroatoms. The van der Waals surface area contributed by atoms with E-state index in [1.807, 2.05) is 0 Å². The molecule has 2 aromatic carbocycles. The number of hydrogen-bond acceptors (Lipinski definition) is 6. The minimum atomic E-state index is -0.800. The Bertz CT molecular complexity index is 880. The van der Waals surface area contributed by atoms with Gasteiger partial charge in [-0.25, -0.2) is 4.79 Å². The minimum absolute atomic E-state index is 0.0348. The van der Waals surface area contributed by atoms with Crippen molar-refractivity contribution in [3.8, 4) is 11.5 Å². The number of nitrogens with one attached hydrogen (secondary N) is 1. The third-order valence-corrected chi connectivity index (χ3v) is 3.74. The summed E-state index contributed by atoms with van der Waals surface area (Å²) < 4.78 is 10.1. The van der Waals surface area contributed by atoms with Gasteiger partial charge in [0.05, 0.1) is 17.2 Å². The number of carbonyl (C=O) groups excluding carboxylic acids is 3. The Morgan fingerprint density at radius 3 is 2.56 bits per heavy atom.